The van der Waals surface area contributed by atoms with Crippen LogP contribution < -0.4 is 0 Å². The molecule has 0 aromatic heterocycles. The first-order valence-electron chi connectivity index (χ1n) is 4.29. The van der Waals surface area contributed by atoms with E-state index < -0.39 is 0 Å². The molecule has 0 fully saturated rings. The Kier molecular flexibility index (Phi) is 3.86. The van der Waals surface area contributed by atoms with E-state index in [0.29, 0.717) is 0 Å². The van der Waals surface area contributed by atoms with Crippen LogP contribution in [0, 0.1) is 0 Å². The molecule has 11 heavy (non-hydrogen) atoms. The fourth-order valence-electron chi connectivity index (χ4n) is 1.19. The Bertz CT molecular complexity index is 152. The predicted molar refractivity (Wildman–Crippen MR) is 57.1 cm³/mol. The van der Waals surface area contributed by atoms with Crippen molar-refractivity contribution in [3.05, 3.63) is 11.0 Å². The Labute approximate surface area is 78.2 Å². The Morgan fingerprint density at radius 1 is 1.45 bits per heavy atom. The molecule has 0 N–H and O–H groups in total. The fourth-order valence-corrected chi connectivity index (χ4v) is 4.06. The van der Waals surface area contributed by atoms with Crippen molar-refractivity contribution in [1.82, 2.24) is 0 Å². The van der Waals surface area contributed by atoms with Gasteiger partial charge >= 0.3 is 0 Å². The fraction of sp³-hybridized carbons (Fsp3) is 0.778. The van der Waals surface area contributed by atoms with Gasteiger partial charge in [0, 0.05) is 5.25 Å². The number of thioether (sulfide) groups is 2. The normalized spacial score (nSPS) is 31.7. The van der Waals surface area contributed by atoms with Crippen LogP contribution in [0.4, 0.5) is 0 Å². The van der Waals surface area contributed by atoms with Gasteiger partial charge < -0.3 is 0 Å². The molecule has 0 amide bonds. The van der Waals surface area contributed by atoms with Gasteiger partial charge in [0.1, 0.15) is 0 Å². The zero-order chi connectivity index (χ0) is 8.27. The van der Waals surface area contributed by atoms with Gasteiger partial charge in [-0.2, -0.15) is 0 Å². The molecule has 64 valence electrons. The summed E-state index contributed by atoms with van der Waals surface area (Å²) in [6, 6.07) is 0. The smallest absolute Gasteiger partial charge is 0.0524 e. The van der Waals surface area contributed by atoms with E-state index in [2.05, 4.69) is 38.6 Å². The van der Waals surface area contributed by atoms with E-state index in [1.807, 2.05) is 11.8 Å². The molecule has 1 aliphatic rings. The van der Waals surface area contributed by atoms with Gasteiger partial charge in [0.25, 0.3) is 0 Å². The van der Waals surface area contributed by atoms with Gasteiger partial charge in [0.15, 0.2) is 0 Å². The van der Waals surface area contributed by atoms with Gasteiger partial charge in [-0.05, 0) is 24.7 Å². The molecule has 1 rings (SSSR count). The summed E-state index contributed by atoms with van der Waals surface area (Å²) >= 11 is 4.12. The van der Waals surface area contributed by atoms with Crippen molar-refractivity contribution >= 4 is 23.5 Å². The van der Waals surface area contributed by atoms with Gasteiger partial charge in [-0.3, -0.25) is 0 Å². The van der Waals surface area contributed by atoms with Crippen LogP contribution in [0.25, 0.3) is 0 Å². The molecule has 2 atom stereocenters. The second-order valence-electron chi connectivity index (χ2n) is 2.75. The van der Waals surface area contributed by atoms with Crippen LogP contribution in [0.5, 0.6) is 0 Å². The summed E-state index contributed by atoms with van der Waals surface area (Å²) in [5, 5.41) is 0.779. The minimum absolute atomic E-state index is 0.764. The first kappa shape index (κ1) is 9.53. The van der Waals surface area contributed by atoms with E-state index in [1.54, 1.807) is 4.91 Å². The standard InChI is InChI=1S/C9H16S2/c1-4-8-6-9(5-2)11-7(3)10-8/h6-8H,4-5H2,1-3H3. The van der Waals surface area contributed by atoms with E-state index in [4.69, 9.17) is 0 Å². The predicted octanol–water partition coefficient (Wildman–Crippen LogP) is 3.88. The van der Waals surface area contributed by atoms with Crippen LogP contribution in [-0.2, 0) is 0 Å². The maximum atomic E-state index is 2.44. The molecule has 1 aliphatic heterocycles. The summed E-state index contributed by atoms with van der Waals surface area (Å²) in [5.74, 6) is 0. The van der Waals surface area contributed by atoms with E-state index in [9.17, 15) is 0 Å². The van der Waals surface area contributed by atoms with Crippen molar-refractivity contribution in [2.75, 3.05) is 0 Å². The summed E-state index contributed by atoms with van der Waals surface area (Å²) in [7, 11) is 0. The SMILES string of the molecule is CCC1=CC(CC)SC(C)S1. The summed E-state index contributed by atoms with van der Waals surface area (Å²) < 4.78 is 0.764. The largest absolute Gasteiger partial charge is 0.140 e. The molecular weight excluding hydrogens is 172 g/mol. The minimum atomic E-state index is 0.764. The van der Waals surface area contributed by atoms with Crippen molar-refractivity contribution in [3.63, 3.8) is 0 Å². The van der Waals surface area contributed by atoms with Gasteiger partial charge in [-0.25, -0.2) is 0 Å². The number of allylic oxidation sites excluding steroid dienone is 1. The average molecular weight is 188 g/mol. The number of hydrogen-bond acceptors (Lipinski definition) is 2. The third-order valence-electron chi connectivity index (χ3n) is 1.81. The quantitative estimate of drug-likeness (QED) is 0.645. The lowest BCUT2D eigenvalue weighted by atomic mass is 10.3. The zero-order valence-electron chi connectivity index (χ0n) is 7.46. The highest BCUT2D eigenvalue weighted by atomic mass is 32.2. The second kappa shape index (κ2) is 4.46. The monoisotopic (exact) mass is 188 g/mol. The van der Waals surface area contributed by atoms with E-state index >= 15 is 0 Å². The van der Waals surface area contributed by atoms with Crippen LogP contribution in [0.2, 0.25) is 0 Å². The molecule has 2 unspecified atom stereocenters. The van der Waals surface area contributed by atoms with E-state index in [-0.39, 0.29) is 0 Å². The lowest BCUT2D eigenvalue weighted by Crippen LogP contribution is -2.08. The second-order valence-corrected chi connectivity index (χ2v) is 6.11. The molecule has 2 heteroatoms. The van der Waals surface area contributed by atoms with Gasteiger partial charge in [-0.15, -0.1) is 23.5 Å². The third kappa shape index (κ3) is 2.75. The highest BCUT2D eigenvalue weighted by Gasteiger charge is 2.17. The molecule has 0 nitrogen and oxygen atoms in total. The molecule has 0 bridgehead atoms. The number of hydrogen-bond donors (Lipinski definition) is 0. The van der Waals surface area contributed by atoms with Crippen LogP contribution in [0.1, 0.15) is 33.6 Å². The van der Waals surface area contributed by atoms with E-state index in [1.165, 1.54) is 12.8 Å². The molecule has 0 aromatic rings. The average Bonchev–Trinajstić information content (AvgIpc) is 2.03. The van der Waals surface area contributed by atoms with Gasteiger partial charge in [0.2, 0.25) is 0 Å². The van der Waals surface area contributed by atoms with Crippen molar-refractivity contribution in [2.24, 2.45) is 0 Å². The van der Waals surface area contributed by atoms with E-state index in [0.717, 1.165) is 9.83 Å². The lowest BCUT2D eigenvalue weighted by molar-refractivity contribution is 0.960. The minimum Gasteiger partial charge on any atom is -0.140 e. The Morgan fingerprint density at radius 2 is 2.18 bits per heavy atom. The highest BCUT2D eigenvalue weighted by molar-refractivity contribution is 8.19. The molecule has 1 heterocycles. The molecule has 0 saturated heterocycles. The Morgan fingerprint density at radius 3 is 2.73 bits per heavy atom. The van der Waals surface area contributed by atoms with Crippen LogP contribution in [0.15, 0.2) is 11.0 Å². The summed E-state index contributed by atoms with van der Waals surface area (Å²) in [6.07, 6.45) is 4.93. The first-order chi connectivity index (χ1) is 5.26. The molecule has 0 aliphatic carbocycles. The molecule has 0 aromatic carbocycles. The van der Waals surface area contributed by atoms with Crippen LogP contribution >= 0.6 is 23.5 Å². The topological polar surface area (TPSA) is 0 Å². The van der Waals surface area contributed by atoms with Crippen LogP contribution in [-0.4, -0.2) is 9.83 Å². The van der Waals surface area contributed by atoms with Crippen molar-refractivity contribution in [3.8, 4) is 0 Å². The maximum absolute atomic E-state index is 2.44. The molecule has 0 spiro atoms. The lowest BCUT2D eigenvalue weighted by Gasteiger charge is -2.23. The summed E-state index contributed by atoms with van der Waals surface area (Å²) in [5.41, 5.74) is 0. The summed E-state index contributed by atoms with van der Waals surface area (Å²) in [6.45, 7) is 6.82. The third-order valence-corrected chi connectivity index (χ3v) is 4.69. The van der Waals surface area contributed by atoms with Crippen molar-refractivity contribution < 1.29 is 0 Å². The first-order valence-corrected chi connectivity index (χ1v) is 6.11. The highest BCUT2D eigenvalue weighted by Crippen LogP contribution is 2.40. The maximum Gasteiger partial charge on any atom is 0.0524 e. The van der Waals surface area contributed by atoms with Crippen LogP contribution in [0.3, 0.4) is 0 Å². The molecule has 0 saturated carbocycles. The van der Waals surface area contributed by atoms with Crippen molar-refractivity contribution in [2.45, 2.75) is 43.4 Å². The molecule has 0 radical (unpaired) electrons. The van der Waals surface area contributed by atoms with Gasteiger partial charge in [-0.1, -0.05) is 19.9 Å². The Hall–Kier alpha value is 0.440. The number of rotatable bonds is 2. The van der Waals surface area contributed by atoms with Gasteiger partial charge in [0.05, 0.1) is 4.58 Å². The Balaban J connectivity index is 2.57. The summed E-state index contributed by atoms with van der Waals surface area (Å²) in [4.78, 5) is 1.59. The molecular formula is C9H16S2. The zero-order valence-corrected chi connectivity index (χ0v) is 9.10. The van der Waals surface area contributed by atoms with Crippen molar-refractivity contribution in [1.29, 1.82) is 0 Å².